The van der Waals surface area contributed by atoms with E-state index in [2.05, 4.69) is 15.2 Å². The molecule has 2 aromatic heterocycles. The van der Waals surface area contributed by atoms with Gasteiger partial charge in [0.15, 0.2) is 0 Å². The van der Waals surface area contributed by atoms with Crippen LogP contribution < -0.4 is 0 Å². The van der Waals surface area contributed by atoms with Crippen molar-refractivity contribution in [1.82, 2.24) is 20.1 Å². The molecule has 28 heavy (non-hydrogen) atoms. The van der Waals surface area contributed by atoms with Crippen molar-refractivity contribution in [2.45, 2.75) is 26.8 Å². The Kier molecular flexibility index (Phi) is 5.25. The number of hydrogen-bond acceptors (Lipinski definition) is 6. The average Bonchev–Trinajstić information content (AvgIpc) is 3.20. The SMILES string of the molecule is Cc1cc(CN2CCCN(C(=O)c3c(-c4ccccc4)noc3C)CC2)no1. The van der Waals surface area contributed by atoms with Crippen molar-refractivity contribution in [3.63, 3.8) is 0 Å². The van der Waals surface area contributed by atoms with Crippen LogP contribution in [-0.2, 0) is 6.54 Å². The molecule has 0 atom stereocenters. The fraction of sp³-hybridized carbons (Fsp3) is 0.381. The lowest BCUT2D eigenvalue weighted by atomic mass is 10.1. The van der Waals surface area contributed by atoms with Gasteiger partial charge < -0.3 is 13.9 Å². The second-order valence-electron chi connectivity index (χ2n) is 7.18. The Balaban J connectivity index is 1.48. The maximum absolute atomic E-state index is 13.3. The van der Waals surface area contributed by atoms with E-state index in [4.69, 9.17) is 9.05 Å². The quantitative estimate of drug-likeness (QED) is 0.691. The smallest absolute Gasteiger partial charge is 0.259 e. The van der Waals surface area contributed by atoms with Crippen molar-refractivity contribution in [1.29, 1.82) is 0 Å². The summed E-state index contributed by atoms with van der Waals surface area (Å²) in [4.78, 5) is 17.5. The molecule has 1 amide bonds. The van der Waals surface area contributed by atoms with Crippen molar-refractivity contribution >= 4 is 5.91 Å². The zero-order valence-corrected chi connectivity index (χ0v) is 16.2. The maximum Gasteiger partial charge on any atom is 0.259 e. The Hall–Kier alpha value is -2.93. The largest absolute Gasteiger partial charge is 0.361 e. The summed E-state index contributed by atoms with van der Waals surface area (Å²) in [6, 6.07) is 11.7. The minimum absolute atomic E-state index is 0.0169. The van der Waals surface area contributed by atoms with E-state index in [1.165, 1.54) is 0 Å². The summed E-state index contributed by atoms with van der Waals surface area (Å²) in [7, 11) is 0. The predicted molar refractivity (Wildman–Crippen MR) is 104 cm³/mol. The highest BCUT2D eigenvalue weighted by Gasteiger charge is 2.27. The van der Waals surface area contributed by atoms with Crippen LogP contribution in [0.3, 0.4) is 0 Å². The van der Waals surface area contributed by atoms with Gasteiger partial charge in [-0.15, -0.1) is 0 Å². The molecule has 0 spiro atoms. The second kappa shape index (κ2) is 7.98. The minimum Gasteiger partial charge on any atom is -0.361 e. The Morgan fingerprint density at radius 3 is 2.61 bits per heavy atom. The van der Waals surface area contributed by atoms with Crippen LogP contribution in [0.2, 0.25) is 0 Å². The van der Waals surface area contributed by atoms with Crippen LogP contribution in [0.15, 0.2) is 45.4 Å². The molecular formula is C21H24N4O3. The lowest BCUT2D eigenvalue weighted by Crippen LogP contribution is -2.35. The number of aryl methyl sites for hydroxylation is 2. The zero-order valence-electron chi connectivity index (χ0n) is 16.2. The van der Waals surface area contributed by atoms with Crippen LogP contribution >= 0.6 is 0 Å². The summed E-state index contributed by atoms with van der Waals surface area (Å²) in [5.74, 6) is 1.36. The number of hydrogen-bond donors (Lipinski definition) is 0. The van der Waals surface area contributed by atoms with Gasteiger partial charge in [-0.3, -0.25) is 9.69 Å². The molecular weight excluding hydrogens is 356 g/mol. The first kappa shape index (κ1) is 18.4. The lowest BCUT2D eigenvalue weighted by molar-refractivity contribution is 0.0760. The van der Waals surface area contributed by atoms with Gasteiger partial charge in [-0.25, -0.2) is 0 Å². The van der Waals surface area contributed by atoms with Crippen molar-refractivity contribution in [2.24, 2.45) is 0 Å². The molecule has 1 fully saturated rings. The maximum atomic E-state index is 13.3. The molecule has 0 radical (unpaired) electrons. The van der Waals surface area contributed by atoms with Gasteiger partial charge in [-0.1, -0.05) is 40.6 Å². The summed E-state index contributed by atoms with van der Waals surface area (Å²) < 4.78 is 10.5. The number of carbonyl (C=O) groups excluding carboxylic acids is 1. The highest BCUT2D eigenvalue weighted by Crippen LogP contribution is 2.26. The van der Waals surface area contributed by atoms with Crippen LogP contribution in [0.25, 0.3) is 11.3 Å². The van der Waals surface area contributed by atoms with Crippen molar-refractivity contribution in [2.75, 3.05) is 26.2 Å². The number of carbonyl (C=O) groups is 1. The van der Waals surface area contributed by atoms with Crippen LogP contribution in [-0.4, -0.2) is 52.2 Å². The Morgan fingerprint density at radius 1 is 1.04 bits per heavy atom. The Labute approximate surface area is 163 Å². The third-order valence-corrected chi connectivity index (χ3v) is 5.06. The number of amides is 1. The molecule has 7 heteroatoms. The van der Waals surface area contributed by atoms with Gasteiger partial charge in [0.1, 0.15) is 22.8 Å². The van der Waals surface area contributed by atoms with Crippen molar-refractivity contribution in [3.8, 4) is 11.3 Å². The van der Waals surface area contributed by atoms with E-state index in [9.17, 15) is 4.79 Å². The summed E-state index contributed by atoms with van der Waals surface area (Å²) >= 11 is 0. The Bertz CT molecular complexity index is 948. The fourth-order valence-corrected chi connectivity index (χ4v) is 3.63. The van der Waals surface area contributed by atoms with Crippen LogP contribution in [0.4, 0.5) is 0 Å². The summed E-state index contributed by atoms with van der Waals surface area (Å²) in [6.45, 7) is 7.52. The highest BCUT2D eigenvalue weighted by molar-refractivity contribution is 6.00. The molecule has 0 saturated carbocycles. The number of nitrogens with zero attached hydrogens (tertiary/aromatic N) is 4. The molecule has 1 aromatic carbocycles. The van der Waals surface area contributed by atoms with Crippen molar-refractivity contribution in [3.05, 3.63) is 59.2 Å². The zero-order chi connectivity index (χ0) is 19.5. The number of aromatic nitrogens is 2. The van der Waals surface area contributed by atoms with Crippen LogP contribution in [0.5, 0.6) is 0 Å². The second-order valence-corrected chi connectivity index (χ2v) is 7.18. The molecule has 0 unspecified atom stereocenters. The first-order valence-electron chi connectivity index (χ1n) is 9.57. The molecule has 3 heterocycles. The fourth-order valence-electron chi connectivity index (χ4n) is 3.63. The van der Waals surface area contributed by atoms with E-state index < -0.39 is 0 Å². The lowest BCUT2D eigenvalue weighted by Gasteiger charge is -2.21. The molecule has 0 aliphatic carbocycles. The van der Waals surface area contributed by atoms with Gasteiger partial charge in [0.2, 0.25) is 0 Å². The molecule has 0 bridgehead atoms. The van der Waals surface area contributed by atoms with Gasteiger partial charge >= 0.3 is 0 Å². The number of benzene rings is 1. The van der Waals surface area contributed by atoms with Gasteiger partial charge in [-0.05, 0) is 20.3 Å². The molecule has 0 N–H and O–H groups in total. The van der Waals surface area contributed by atoms with Crippen LogP contribution in [0, 0.1) is 13.8 Å². The molecule has 7 nitrogen and oxygen atoms in total. The molecule has 146 valence electrons. The van der Waals surface area contributed by atoms with Crippen molar-refractivity contribution < 1.29 is 13.8 Å². The summed E-state index contributed by atoms with van der Waals surface area (Å²) in [5.41, 5.74) is 2.99. The van der Waals surface area contributed by atoms with E-state index in [1.54, 1.807) is 6.92 Å². The average molecular weight is 380 g/mol. The van der Waals surface area contributed by atoms with Gasteiger partial charge in [0, 0.05) is 44.4 Å². The summed E-state index contributed by atoms with van der Waals surface area (Å²) in [6.07, 6.45) is 0.910. The minimum atomic E-state index is -0.0169. The van der Waals surface area contributed by atoms with Gasteiger partial charge in [-0.2, -0.15) is 0 Å². The Morgan fingerprint density at radius 2 is 1.86 bits per heavy atom. The summed E-state index contributed by atoms with van der Waals surface area (Å²) in [5, 5.41) is 8.22. The molecule has 1 saturated heterocycles. The molecule has 3 aromatic rings. The third-order valence-electron chi connectivity index (χ3n) is 5.06. The molecule has 1 aliphatic heterocycles. The predicted octanol–water partition coefficient (Wildman–Crippen LogP) is 3.29. The van der Waals surface area contributed by atoms with E-state index in [0.717, 1.165) is 43.1 Å². The van der Waals surface area contributed by atoms with E-state index in [1.807, 2.05) is 48.2 Å². The molecule has 1 aliphatic rings. The topological polar surface area (TPSA) is 75.6 Å². The van der Waals surface area contributed by atoms with Crippen LogP contribution in [0.1, 0.15) is 34.0 Å². The van der Waals surface area contributed by atoms with Gasteiger partial charge in [0.05, 0.1) is 5.69 Å². The normalized spacial score (nSPS) is 15.6. The standard InChI is InChI=1S/C21H24N4O3/c1-15-13-18(22-27-15)14-24-9-6-10-25(12-11-24)21(26)19-16(2)28-23-20(19)17-7-4-3-5-8-17/h3-5,7-8,13H,6,9-12,14H2,1-2H3. The monoisotopic (exact) mass is 380 g/mol. The first-order chi connectivity index (χ1) is 13.6. The molecule has 4 rings (SSSR count). The first-order valence-corrected chi connectivity index (χ1v) is 9.57. The van der Waals surface area contributed by atoms with E-state index >= 15 is 0 Å². The highest BCUT2D eigenvalue weighted by atomic mass is 16.5. The number of rotatable bonds is 4. The van der Waals surface area contributed by atoms with E-state index in [-0.39, 0.29) is 5.91 Å². The van der Waals surface area contributed by atoms with Gasteiger partial charge in [0.25, 0.3) is 5.91 Å². The third kappa shape index (κ3) is 3.84. The van der Waals surface area contributed by atoms with E-state index in [0.29, 0.717) is 30.1 Å².